The lowest BCUT2D eigenvalue weighted by Gasteiger charge is -2.72. The van der Waals surface area contributed by atoms with Gasteiger partial charge in [0.1, 0.15) is 5.60 Å². The van der Waals surface area contributed by atoms with E-state index in [9.17, 15) is 14.7 Å². The summed E-state index contributed by atoms with van der Waals surface area (Å²) in [7, 11) is 0. The number of hydrogen-bond donors (Lipinski definition) is 1. The van der Waals surface area contributed by atoms with Crippen LogP contribution in [0, 0.1) is 50.7 Å². The number of aliphatic carboxylic acids is 1. The molecule has 4 nitrogen and oxygen atoms in total. The number of carbonyl (C=O) groups excluding carboxylic acids is 1. The van der Waals surface area contributed by atoms with E-state index in [4.69, 9.17) is 4.74 Å². The standard InChI is InChI=1S/C40H56O4.C4H8.C2H6/c1-35(2,3)44-34(43)27-13-11-26(12-14-27)28-17-21-37(6)31(36(28,4)5)18-22-39(8)32(37)16-15-29-30-10-9-20-40(30,23-19-33(41)42)25-24-38(29,39)7;1-4(2)3;1-2/h11-14,17,19,23,29-32H,9-10,15-16,18,20-22,24-25H2,1-8H3,(H,41,42);1H2,2-3H3;1-2H3/b23-19+;;/t29-,30-,31?,32-,37+,38-,39-,40+;;/m1../s1. The second-order valence-electron chi connectivity index (χ2n) is 18.9. The van der Waals surface area contributed by atoms with Crippen LogP contribution in [0.5, 0.6) is 0 Å². The van der Waals surface area contributed by atoms with Crippen LogP contribution in [0.3, 0.4) is 0 Å². The fourth-order valence-corrected chi connectivity index (χ4v) is 12.4. The second kappa shape index (κ2) is 14.4. The molecule has 0 amide bonds. The molecule has 4 saturated carbocycles. The molecule has 1 N–H and O–H groups in total. The first-order valence-electron chi connectivity index (χ1n) is 19.8. The van der Waals surface area contributed by atoms with Gasteiger partial charge in [0.15, 0.2) is 0 Å². The smallest absolute Gasteiger partial charge is 0.338 e. The summed E-state index contributed by atoms with van der Waals surface area (Å²) >= 11 is 0. The summed E-state index contributed by atoms with van der Waals surface area (Å²) in [6, 6.07) is 8.13. The number of esters is 1. The third kappa shape index (κ3) is 7.08. The maximum atomic E-state index is 12.7. The van der Waals surface area contributed by atoms with E-state index < -0.39 is 11.6 Å². The molecule has 6 rings (SSSR count). The predicted octanol–water partition coefficient (Wildman–Crippen LogP) is 12.7. The van der Waals surface area contributed by atoms with Gasteiger partial charge in [-0.1, -0.05) is 84.7 Å². The van der Waals surface area contributed by atoms with E-state index in [2.05, 4.69) is 65.5 Å². The van der Waals surface area contributed by atoms with Gasteiger partial charge in [-0.05, 0) is 166 Å². The highest BCUT2D eigenvalue weighted by molar-refractivity contribution is 5.90. The van der Waals surface area contributed by atoms with Crippen LogP contribution in [0.2, 0.25) is 0 Å². The number of fused-ring (bicyclic) bond motifs is 7. The van der Waals surface area contributed by atoms with Gasteiger partial charge in [-0.15, -0.1) is 6.58 Å². The minimum absolute atomic E-state index is 0.0360. The van der Waals surface area contributed by atoms with Crippen molar-refractivity contribution in [3.05, 3.63) is 65.8 Å². The Balaban J connectivity index is 0.000000875. The molecule has 1 unspecified atom stereocenters. The fourth-order valence-electron chi connectivity index (χ4n) is 12.4. The molecule has 1 aromatic rings. The quantitative estimate of drug-likeness (QED) is 0.194. The molecular formula is C46H70O4. The molecule has 50 heavy (non-hydrogen) atoms. The molecular weight excluding hydrogens is 617 g/mol. The average Bonchev–Trinajstić information content (AvgIpc) is 3.45. The van der Waals surface area contributed by atoms with Crippen LogP contribution in [0.15, 0.2) is 54.6 Å². The van der Waals surface area contributed by atoms with Gasteiger partial charge in [-0.3, -0.25) is 0 Å². The molecule has 0 bridgehead atoms. The average molecular weight is 687 g/mol. The highest BCUT2D eigenvalue weighted by atomic mass is 16.6. The van der Waals surface area contributed by atoms with Crippen molar-refractivity contribution >= 4 is 17.5 Å². The van der Waals surface area contributed by atoms with Crippen molar-refractivity contribution in [2.24, 2.45) is 50.7 Å². The van der Waals surface area contributed by atoms with Crippen molar-refractivity contribution < 1.29 is 19.4 Å². The highest BCUT2D eigenvalue weighted by Gasteiger charge is 2.69. The third-order valence-corrected chi connectivity index (χ3v) is 14.4. The first kappa shape index (κ1) is 40.2. The van der Waals surface area contributed by atoms with Gasteiger partial charge < -0.3 is 9.84 Å². The Labute approximate surface area is 305 Å². The van der Waals surface area contributed by atoms with Crippen LogP contribution < -0.4 is 0 Å². The Morgan fingerprint density at radius 1 is 0.840 bits per heavy atom. The van der Waals surface area contributed by atoms with Gasteiger partial charge in [0.05, 0.1) is 5.56 Å². The maximum Gasteiger partial charge on any atom is 0.338 e. The Kier molecular flexibility index (Phi) is 11.6. The highest BCUT2D eigenvalue weighted by Crippen LogP contribution is 2.77. The van der Waals surface area contributed by atoms with Crippen LogP contribution in [0.4, 0.5) is 0 Å². The van der Waals surface area contributed by atoms with Gasteiger partial charge in [-0.2, -0.15) is 0 Å². The molecule has 278 valence electrons. The Morgan fingerprint density at radius 3 is 2.04 bits per heavy atom. The predicted molar refractivity (Wildman–Crippen MR) is 209 cm³/mol. The number of carboxylic acid groups (broad SMARTS) is 1. The van der Waals surface area contributed by atoms with Crippen LogP contribution in [0.25, 0.3) is 5.57 Å². The lowest BCUT2D eigenvalue weighted by molar-refractivity contribution is -0.218. The fraction of sp³-hybridized carbons (Fsp3) is 0.696. The Bertz CT molecular complexity index is 1470. The van der Waals surface area contributed by atoms with Crippen molar-refractivity contribution in [3.8, 4) is 0 Å². The van der Waals surface area contributed by atoms with E-state index in [1.54, 1.807) is 0 Å². The van der Waals surface area contributed by atoms with E-state index in [1.165, 1.54) is 67.7 Å². The molecule has 0 radical (unpaired) electrons. The summed E-state index contributed by atoms with van der Waals surface area (Å²) in [6.07, 6.45) is 18.4. The topological polar surface area (TPSA) is 63.6 Å². The van der Waals surface area contributed by atoms with Crippen molar-refractivity contribution in [2.45, 2.75) is 153 Å². The largest absolute Gasteiger partial charge is 0.478 e. The Hall–Kier alpha value is -2.62. The number of ether oxygens (including phenoxy) is 1. The Morgan fingerprint density at radius 2 is 1.46 bits per heavy atom. The number of hydrogen-bond acceptors (Lipinski definition) is 3. The van der Waals surface area contributed by atoms with Crippen LogP contribution in [0.1, 0.15) is 163 Å². The number of rotatable bonds is 4. The lowest BCUT2D eigenvalue weighted by Crippen LogP contribution is -2.64. The molecule has 0 spiro atoms. The zero-order valence-electron chi connectivity index (χ0n) is 33.8. The minimum Gasteiger partial charge on any atom is -0.478 e. The summed E-state index contributed by atoms with van der Waals surface area (Å²) in [5.41, 5.74) is 4.90. The molecule has 4 fully saturated rings. The first-order valence-corrected chi connectivity index (χ1v) is 19.8. The van der Waals surface area contributed by atoms with Gasteiger partial charge in [-0.25, -0.2) is 9.59 Å². The van der Waals surface area contributed by atoms with Crippen LogP contribution >= 0.6 is 0 Å². The summed E-state index contributed by atoms with van der Waals surface area (Å²) in [5.74, 6) is 1.53. The molecule has 1 aromatic carbocycles. The van der Waals surface area contributed by atoms with Gasteiger partial charge in [0.2, 0.25) is 0 Å². The minimum atomic E-state index is -0.799. The number of benzene rings is 1. The van der Waals surface area contributed by atoms with Gasteiger partial charge in [0.25, 0.3) is 0 Å². The van der Waals surface area contributed by atoms with E-state index in [0.29, 0.717) is 40.1 Å². The van der Waals surface area contributed by atoms with Gasteiger partial charge in [0, 0.05) is 6.08 Å². The molecule has 0 heterocycles. The second-order valence-corrected chi connectivity index (χ2v) is 18.9. The SMILES string of the molecule is C=C(C)C.CC.CC(C)(C)OC(=O)c1ccc(C2=CC[C@@]3(C)C(CC[C@]4(C)[C@@H]3CC[C@@H]3[C@H]5CCC[C@]5(/C=C/C(=O)O)CC[C@]34C)C2(C)C)cc1. The van der Waals surface area contributed by atoms with Crippen molar-refractivity contribution in [1.29, 1.82) is 0 Å². The molecule has 0 aromatic heterocycles. The normalized spacial score (nSPS) is 36.8. The molecule has 5 aliphatic carbocycles. The molecule has 0 saturated heterocycles. The number of allylic oxidation sites excluding steroid dienone is 4. The zero-order chi connectivity index (χ0) is 37.5. The summed E-state index contributed by atoms with van der Waals surface area (Å²) in [6.45, 7) is 30.1. The summed E-state index contributed by atoms with van der Waals surface area (Å²) < 4.78 is 5.61. The van der Waals surface area contributed by atoms with Crippen molar-refractivity contribution in [2.75, 3.05) is 0 Å². The molecule has 5 aliphatic rings. The van der Waals surface area contributed by atoms with Gasteiger partial charge >= 0.3 is 11.9 Å². The van der Waals surface area contributed by atoms with Crippen LogP contribution in [-0.2, 0) is 9.53 Å². The van der Waals surface area contributed by atoms with Crippen LogP contribution in [-0.4, -0.2) is 22.6 Å². The monoisotopic (exact) mass is 687 g/mol. The number of carboxylic acids is 1. The third-order valence-electron chi connectivity index (χ3n) is 14.4. The number of carbonyl (C=O) groups is 2. The zero-order valence-corrected chi connectivity index (χ0v) is 33.8. The maximum absolute atomic E-state index is 12.7. The first-order chi connectivity index (χ1) is 23.2. The van der Waals surface area contributed by atoms with E-state index in [-0.39, 0.29) is 22.2 Å². The van der Waals surface area contributed by atoms with E-state index in [1.807, 2.05) is 60.6 Å². The molecule has 8 atom stereocenters. The van der Waals surface area contributed by atoms with Crippen molar-refractivity contribution in [3.63, 3.8) is 0 Å². The van der Waals surface area contributed by atoms with E-state index in [0.717, 1.165) is 19.3 Å². The summed E-state index contributed by atoms with van der Waals surface area (Å²) in [5, 5.41) is 9.47. The lowest BCUT2D eigenvalue weighted by atomic mass is 9.32. The van der Waals surface area contributed by atoms with Crippen molar-refractivity contribution in [1.82, 2.24) is 0 Å². The molecule has 0 aliphatic heterocycles. The summed E-state index contributed by atoms with van der Waals surface area (Å²) in [4.78, 5) is 24.2. The molecule has 4 heteroatoms. The van der Waals surface area contributed by atoms with E-state index >= 15 is 0 Å².